The van der Waals surface area contributed by atoms with Gasteiger partial charge in [0.25, 0.3) is 0 Å². The lowest BCUT2D eigenvalue weighted by atomic mass is 10.3. The van der Waals surface area contributed by atoms with Crippen LogP contribution in [0.3, 0.4) is 0 Å². The molecule has 0 fully saturated rings. The summed E-state index contributed by atoms with van der Waals surface area (Å²) < 4.78 is 7.12. The first-order chi connectivity index (χ1) is 9.75. The summed E-state index contributed by atoms with van der Waals surface area (Å²) in [6.07, 6.45) is 4.94. The van der Waals surface area contributed by atoms with E-state index >= 15 is 0 Å². The molecule has 3 rings (SSSR count). The molecule has 0 bridgehead atoms. The Balaban J connectivity index is 1.90. The highest BCUT2D eigenvalue weighted by atomic mass is 16.5. The predicted molar refractivity (Wildman–Crippen MR) is 68.5 cm³/mol. The van der Waals surface area contributed by atoms with E-state index in [2.05, 4.69) is 15.2 Å². The zero-order valence-corrected chi connectivity index (χ0v) is 10.3. The number of carbonyl (C=O) groups is 1. The number of carboxylic acid groups (broad SMARTS) is 1. The Kier molecular flexibility index (Phi) is 3.00. The first kappa shape index (κ1) is 12.1. The van der Waals surface area contributed by atoms with Crippen LogP contribution in [0.5, 0.6) is 5.75 Å². The summed E-state index contributed by atoms with van der Waals surface area (Å²) in [5.74, 6) is 0.0910. The standard InChI is InChI=1S/C13H10N4O3/c18-13(19)10-4-2-6-17-11(15-16-12(10)17)8-20-9-3-1-5-14-7-9/h1-7H,8H2,(H,18,19). The summed E-state index contributed by atoms with van der Waals surface area (Å²) in [6, 6.07) is 6.66. The van der Waals surface area contributed by atoms with Crippen molar-refractivity contribution in [3.05, 3.63) is 54.2 Å². The number of rotatable bonds is 4. The quantitative estimate of drug-likeness (QED) is 0.770. The van der Waals surface area contributed by atoms with E-state index in [0.29, 0.717) is 17.2 Å². The number of hydrogen-bond acceptors (Lipinski definition) is 5. The summed E-state index contributed by atoms with van der Waals surface area (Å²) in [7, 11) is 0. The zero-order valence-electron chi connectivity index (χ0n) is 10.3. The molecule has 0 spiro atoms. The van der Waals surface area contributed by atoms with E-state index in [1.165, 1.54) is 6.07 Å². The Hall–Kier alpha value is -2.96. The van der Waals surface area contributed by atoms with Gasteiger partial charge >= 0.3 is 5.97 Å². The van der Waals surface area contributed by atoms with Gasteiger partial charge in [0.15, 0.2) is 11.5 Å². The van der Waals surface area contributed by atoms with Crippen molar-refractivity contribution in [3.8, 4) is 5.75 Å². The van der Waals surface area contributed by atoms with Crippen LogP contribution in [-0.4, -0.2) is 30.7 Å². The number of pyridine rings is 2. The van der Waals surface area contributed by atoms with Crippen LogP contribution in [0.25, 0.3) is 5.65 Å². The second kappa shape index (κ2) is 4.96. The summed E-state index contributed by atoms with van der Waals surface area (Å²) >= 11 is 0. The van der Waals surface area contributed by atoms with Crippen LogP contribution in [0.4, 0.5) is 0 Å². The maximum Gasteiger partial charge on any atom is 0.339 e. The van der Waals surface area contributed by atoms with Crippen molar-refractivity contribution >= 4 is 11.6 Å². The van der Waals surface area contributed by atoms with Gasteiger partial charge < -0.3 is 9.84 Å². The predicted octanol–water partition coefficient (Wildman–Crippen LogP) is 1.40. The van der Waals surface area contributed by atoms with Crippen LogP contribution in [0.2, 0.25) is 0 Å². The monoisotopic (exact) mass is 270 g/mol. The third-order valence-electron chi connectivity index (χ3n) is 2.74. The second-order valence-corrected chi connectivity index (χ2v) is 4.01. The van der Waals surface area contributed by atoms with Gasteiger partial charge in [-0.1, -0.05) is 0 Å². The summed E-state index contributed by atoms with van der Waals surface area (Å²) in [6.45, 7) is 0.177. The van der Waals surface area contributed by atoms with E-state index in [1.807, 2.05) is 0 Å². The third-order valence-corrected chi connectivity index (χ3v) is 2.74. The number of nitrogens with zero attached hydrogens (tertiary/aromatic N) is 4. The normalized spacial score (nSPS) is 10.6. The molecule has 0 saturated heterocycles. The zero-order chi connectivity index (χ0) is 13.9. The molecule has 0 unspecified atom stereocenters. The molecule has 0 amide bonds. The van der Waals surface area contributed by atoms with Gasteiger partial charge in [-0.05, 0) is 24.3 Å². The van der Waals surface area contributed by atoms with Crippen LogP contribution in [0.1, 0.15) is 16.2 Å². The minimum absolute atomic E-state index is 0.104. The number of carboxylic acids is 1. The molecule has 0 aliphatic rings. The van der Waals surface area contributed by atoms with Crippen LogP contribution in [0.15, 0.2) is 42.9 Å². The fourth-order valence-corrected chi connectivity index (χ4v) is 1.81. The number of fused-ring (bicyclic) bond motifs is 1. The van der Waals surface area contributed by atoms with Gasteiger partial charge in [0.2, 0.25) is 0 Å². The van der Waals surface area contributed by atoms with Crippen LogP contribution >= 0.6 is 0 Å². The molecule has 0 atom stereocenters. The maximum atomic E-state index is 11.1. The Bertz CT molecular complexity index is 755. The largest absolute Gasteiger partial charge is 0.484 e. The van der Waals surface area contributed by atoms with Crippen molar-refractivity contribution in [2.45, 2.75) is 6.61 Å². The second-order valence-electron chi connectivity index (χ2n) is 4.01. The van der Waals surface area contributed by atoms with E-state index in [1.54, 1.807) is 41.2 Å². The van der Waals surface area contributed by atoms with Gasteiger partial charge in [0.05, 0.1) is 6.20 Å². The minimum atomic E-state index is -1.04. The maximum absolute atomic E-state index is 11.1. The van der Waals surface area contributed by atoms with Crippen molar-refractivity contribution in [2.75, 3.05) is 0 Å². The van der Waals surface area contributed by atoms with E-state index in [9.17, 15) is 4.79 Å². The summed E-state index contributed by atoms with van der Waals surface area (Å²) in [4.78, 5) is 15.0. The fraction of sp³-hybridized carbons (Fsp3) is 0.0769. The molecule has 0 aromatic carbocycles. The third kappa shape index (κ3) is 2.16. The number of aromatic nitrogens is 4. The Morgan fingerprint density at radius 2 is 2.20 bits per heavy atom. The molecule has 7 heteroatoms. The Labute approximate surface area is 113 Å². The van der Waals surface area contributed by atoms with Crippen LogP contribution in [0, 0.1) is 0 Å². The van der Waals surface area contributed by atoms with Gasteiger partial charge in [0, 0.05) is 12.4 Å². The van der Waals surface area contributed by atoms with Gasteiger partial charge in [-0.25, -0.2) is 4.79 Å². The van der Waals surface area contributed by atoms with E-state index in [0.717, 1.165) is 0 Å². The average Bonchev–Trinajstić information content (AvgIpc) is 2.89. The average molecular weight is 270 g/mol. The van der Waals surface area contributed by atoms with Crippen molar-refractivity contribution in [1.82, 2.24) is 19.6 Å². The van der Waals surface area contributed by atoms with Gasteiger partial charge in [-0.3, -0.25) is 9.38 Å². The molecular weight excluding hydrogens is 260 g/mol. The lowest BCUT2D eigenvalue weighted by Crippen LogP contribution is -2.04. The molecule has 3 aromatic rings. The highest BCUT2D eigenvalue weighted by molar-refractivity contribution is 5.94. The van der Waals surface area contributed by atoms with Gasteiger partial charge in [-0.15, -0.1) is 10.2 Å². The van der Waals surface area contributed by atoms with Crippen molar-refractivity contribution in [3.63, 3.8) is 0 Å². The fourth-order valence-electron chi connectivity index (χ4n) is 1.81. The Morgan fingerprint density at radius 1 is 1.30 bits per heavy atom. The smallest absolute Gasteiger partial charge is 0.339 e. The lowest BCUT2D eigenvalue weighted by molar-refractivity contribution is 0.0698. The molecule has 7 nitrogen and oxygen atoms in total. The molecule has 100 valence electrons. The van der Waals surface area contributed by atoms with Crippen molar-refractivity contribution in [2.24, 2.45) is 0 Å². The van der Waals surface area contributed by atoms with E-state index in [-0.39, 0.29) is 12.2 Å². The van der Waals surface area contributed by atoms with Gasteiger partial charge in [0.1, 0.15) is 17.9 Å². The summed E-state index contributed by atoms with van der Waals surface area (Å²) in [5.41, 5.74) is 0.400. The van der Waals surface area contributed by atoms with Crippen molar-refractivity contribution in [1.29, 1.82) is 0 Å². The first-order valence-electron chi connectivity index (χ1n) is 5.84. The van der Waals surface area contributed by atoms with Gasteiger partial charge in [-0.2, -0.15) is 0 Å². The molecule has 0 aliphatic heterocycles. The Morgan fingerprint density at radius 3 is 2.95 bits per heavy atom. The first-order valence-corrected chi connectivity index (χ1v) is 5.84. The number of hydrogen-bond donors (Lipinski definition) is 1. The summed E-state index contributed by atoms with van der Waals surface area (Å²) in [5, 5.41) is 16.9. The van der Waals surface area contributed by atoms with E-state index < -0.39 is 5.97 Å². The highest BCUT2D eigenvalue weighted by Crippen LogP contribution is 2.13. The van der Waals surface area contributed by atoms with Crippen LogP contribution < -0.4 is 4.74 Å². The minimum Gasteiger partial charge on any atom is -0.484 e. The van der Waals surface area contributed by atoms with E-state index in [4.69, 9.17) is 9.84 Å². The molecule has 0 radical (unpaired) electrons. The molecule has 3 aromatic heterocycles. The molecule has 0 saturated carbocycles. The number of ether oxygens (including phenoxy) is 1. The topological polar surface area (TPSA) is 89.6 Å². The van der Waals surface area contributed by atoms with Crippen molar-refractivity contribution < 1.29 is 14.6 Å². The molecular formula is C13H10N4O3. The molecule has 1 N–H and O–H groups in total. The molecule has 3 heterocycles. The highest BCUT2D eigenvalue weighted by Gasteiger charge is 2.13. The van der Waals surface area contributed by atoms with Crippen LogP contribution in [-0.2, 0) is 6.61 Å². The molecule has 0 aliphatic carbocycles. The SMILES string of the molecule is O=C(O)c1cccn2c(COc3cccnc3)nnc12. The lowest BCUT2D eigenvalue weighted by Gasteiger charge is -2.04. The number of aromatic carboxylic acids is 1. The molecule has 20 heavy (non-hydrogen) atoms.